The first-order chi connectivity index (χ1) is 9.60. The highest BCUT2D eigenvalue weighted by molar-refractivity contribution is 7.18. The van der Waals surface area contributed by atoms with Gasteiger partial charge in [-0.05, 0) is 18.1 Å². The van der Waals surface area contributed by atoms with Gasteiger partial charge < -0.3 is 10.1 Å². The lowest BCUT2D eigenvalue weighted by molar-refractivity contribution is -0.116. The van der Waals surface area contributed by atoms with Crippen molar-refractivity contribution in [3.63, 3.8) is 0 Å². The summed E-state index contributed by atoms with van der Waals surface area (Å²) in [4.78, 5) is 11.7. The minimum absolute atomic E-state index is 0.0391. The van der Waals surface area contributed by atoms with E-state index in [0.717, 1.165) is 16.3 Å². The van der Waals surface area contributed by atoms with Gasteiger partial charge in [-0.3, -0.25) is 4.79 Å². The van der Waals surface area contributed by atoms with Gasteiger partial charge in [-0.25, -0.2) is 0 Å². The third-order valence-electron chi connectivity index (χ3n) is 2.60. The number of nitrogens with zero attached hydrogens (tertiary/aromatic N) is 2. The number of nitrogens with one attached hydrogen (secondary N) is 1. The number of amides is 1. The third-order valence-corrected chi connectivity index (χ3v) is 3.47. The minimum Gasteiger partial charge on any atom is -0.496 e. The summed E-state index contributed by atoms with van der Waals surface area (Å²) in [5.41, 5.74) is 0.872. The largest absolute Gasteiger partial charge is 0.496 e. The number of benzene rings is 1. The highest BCUT2D eigenvalue weighted by Crippen LogP contribution is 2.33. The van der Waals surface area contributed by atoms with E-state index in [4.69, 9.17) is 4.74 Å². The van der Waals surface area contributed by atoms with Gasteiger partial charge in [-0.1, -0.05) is 37.3 Å². The zero-order valence-corrected chi connectivity index (χ0v) is 12.5. The van der Waals surface area contributed by atoms with Gasteiger partial charge in [0.1, 0.15) is 5.75 Å². The average molecular weight is 291 g/mol. The molecule has 5 nitrogen and oxygen atoms in total. The Bertz CT molecular complexity index is 596. The van der Waals surface area contributed by atoms with E-state index in [2.05, 4.69) is 15.5 Å². The summed E-state index contributed by atoms with van der Waals surface area (Å²) >= 11 is 1.34. The Kier molecular flexibility index (Phi) is 4.68. The number of ether oxygens (including phenoxy) is 1. The molecule has 1 N–H and O–H groups in total. The van der Waals surface area contributed by atoms with Crippen molar-refractivity contribution in [3.05, 3.63) is 24.3 Å². The van der Waals surface area contributed by atoms with Crippen LogP contribution in [-0.4, -0.2) is 23.2 Å². The molecule has 0 aliphatic carbocycles. The van der Waals surface area contributed by atoms with E-state index in [1.54, 1.807) is 7.11 Å². The zero-order chi connectivity index (χ0) is 14.5. The van der Waals surface area contributed by atoms with E-state index in [9.17, 15) is 4.79 Å². The second kappa shape index (κ2) is 6.47. The van der Waals surface area contributed by atoms with Crippen LogP contribution in [0, 0.1) is 5.92 Å². The van der Waals surface area contributed by atoms with E-state index < -0.39 is 0 Å². The van der Waals surface area contributed by atoms with Crippen LogP contribution in [0.25, 0.3) is 10.6 Å². The molecule has 1 heterocycles. The van der Waals surface area contributed by atoms with E-state index in [1.165, 1.54) is 11.3 Å². The zero-order valence-electron chi connectivity index (χ0n) is 11.7. The first-order valence-corrected chi connectivity index (χ1v) is 7.18. The monoisotopic (exact) mass is 291 g/mol. The molecule has 0 aliphatic heterocycles. The molecule has 1 aromatic heterocycles. The molecule has 0 saturated carbocycles. The molecule has 106 valence electrons. The van der Waals surface area contributed by atoms with Crippen LogP contribution >= 0.6 is 11.3 Å². The van der Waals surface area contributed by atoms with Crippen LogP contribution in [0.4, 0.5) is 5.13 Å². The fourth-order valence-corrected chi connectivity index (χ4v) is 2.53. The van der Waals surface area contributed by atoms with Crippen LogP contribution in [0.5, 0.6) is 5.75 Å². The molecule has 6 heteroatoms. The first kappa shape index (κ1) is 14.5. The summed E-state index contributed by atoms with van der Waals surface area (Å²) in [6, 6.07) is 7.60. The molecule has 20 heavy (non-hydrogen) atoms. The Morgan fingerprint density at radius 2 is 2.10 bits per heavy atom. The van der Waals surface area contributed by atoms with Gasteiger partial charge in [0.25, 0.3) is 0 Å². The number of carbonyl (C=O) groups is 1. The molecule has 0 spiro atoms. The Hall–Kier alpha value is -1.95. The molecule has 0 unspecified atom stereocenters. The number of methoxy groups -OCH3 is 1. The Balaban J connectivity index is 2.15. The lowest BCUT2D eigenvalue weighted by Crippen LogP contribution is -2.13. The van der Waals surface area contributed by atoms with E-state index in [-0.39, 0.29) is 5.91 Å². The number of rotatable bonds is 5. The van der Waals surface area contributed by atoms with Gasteiger partial charge in [0.2, 0.25) is 11.0 Å². The van der Waals surface area contributed by atoms with Crippen LogP contribution in [0.15, 0.2) is 24.3 Å². The lowest BCUT2D eigenvalue weighted by Gasteiger charge is -2.04. The Morgan fingerprint density at radius 3 is 2.80 bits per heavy atom. The van der Waals surface area contributed by atoms with Crippen LogP contribution in [-0.2, 0) is 4.79 Å². The maximum Gasteiger partial charge on any atom is 0.226 e. The van der Waals surface area contributed by atoms with Gasteiger partial charge in [0.05, 0.1) is 12.7 Å². The molecular weight excluding hydrogens is 274 g/mol. The predicted molar refractivity (Wildman–Crippen MR) is 80.0 cm³/mol. The molecule has 0 saturated heterocycles. The number of para-hydroxylation sites is 1. The quantitative estimate of drug-likeness (QED) is 0.918. The Labute approximate surface area is 122 Å². The van der Waals surface area contributed by atoms with Crippen molar-refractivity contribution >= 4 is 22.4 Å². The van der Waals surface area contributed by atoms with Crippen molar-refractivity contribution in [3.8, 4) is 16.3 Å². The topological polar surface area (TPSA) is 64.1 Å². The second-order valence-corrected chi connectivity index (χ2v) is 5.74. The Morgan fingerprint density at radius 1 is 1.35 bits per heavy atom. The van der Waals surface area contributed by atoms with Crippen LogP contribution in [0.2, 0.25) is 0 Å². The standard InChI is InChI=1S/C14H17N3O2S/c1-9(2)8-12(18)15-14-17-16-13(20-14)10-6-4-5-7-11(10)19-3/h4-7,9H,8H2,1-3H3,(H,15,17,18). The number of anilines is 1. The number of hydrogen-bond acceptors (Lipinski definition) is 5. The molecule has 0 atom stereocenters. The molecule has 2 rings (SSSR count). The number of hydrogen-bond donors (Lipinski definition) is 1. The van der Waals surface area contributed by atoms with E-state index in [0.29, 0.717) is 17.5 Å². The molecule has 1 aromatic carbocycles. The maximum absolute atomic E-state index is 11.7. The summed E-state index contributed by atoms with van der Waals surface area (Å²) in [7, 11) is 1.62. The van der Waals surface area contributed by atoms with Crippen molar-refractivity contribution in [2.75, 3.05) is 12.4 Å². The first-order valence-electron chi connectivity index (χ1n) is 6.37. The smallest absolute Gasteiger partial charge is 0.226 e. The van der Waals surface area contributed by atoms with Crippen molar-refractivity contribution in [1.82, 2.24) is 10.2 Å². The highest BCUT2D eigenvalue weighted by atomic mass is 32.1. The summed E-state index contributed by atoms with van der Waals surface area (Å²) in [5.74, 6) is 1.02. The van der Waals surface area contributed by atoms with Gasteiger partial charge in [0.15, 0.2) is 5.01 Å². The fourth-order valence-electron chi connectivity index (χ4n) is 1.74. The third kappa shape index (κ3) is 3.54. The number of carbonyl (C=O) groups excluding carboxylic acids is 1. The second-order valence-electron chi connectivity index (χ2n) is 4.76. The maximum atomic E-state index is 11.7. The number of aromatic nitrogens is 2. The van der Waals surface area contributed by atoms with Gasteiger partial charge in [0, 0.05) is 6.42 Å². The lowest BCUT2D eigenvalue weighted by atomic mass is 10.1. The van der Waals surface area contributed by atoms with Crippen molar-refractivity contribution in [2.24, 2.45) is 5.92 Å². The summed E-state index contributed by atoms with van der Waals surface area (Å²) in [5, 5.41) is 12.1. The molecule has 2 aromatic rings. The van der Waals surface area contributed by atoms with Crippen molar-refractivity contribution < 1.29 is 9.53 Å². The SMILES string of the molecule is COc1ccccc1-c1nnc(NC(=O)CC(C)C)s1. The van der Waals surface area contributed by atoms with Crippen molar-refractivity contribution in [1.29, 1.82) is 0 Å². The van der Waals surface area contributed by atoms with Crippen LogP contribution in [0.1, 0.15) is 20.3 Å². The van der Waals surface area contributed by atoms with E-state index in [1.807, 2.05) is 38.1 Å². The summed E-state index contributed by atoms with van der Waals surface area (Å²) < 4.78 is 5.29. The van der Waals surface area contributed by atoms with Crippen LogP contribution in [0.3, 0.4) is 0 Å². The predicted octanol–water partition coefficient (Wildman–Crippen LogP) is 3.20. The normalized spacial score (nSPS) is 10.6. The highest BCUT2D eigenvalue weighted by Gasteiger charge is 2.13. The summed E-state index contributed by atoms with van der Waals surface area (Å²) in [6.45, 7) is 4.00. The molecule has 0 aliphatic rings. The molecule has 0 radical (unpaired) electrons. The van der Waals surface area contributed by atoms with Crippen LogP contribution < -0.4 is 10.1 Å². The summed E-state index contributed by atoms with van der Waals surface area (Å²) in [6.07, 6.45) is 0.476. The van der Waals surface area contributed by atoms with Gasteiger partial charge in [-0.15, -0.1) is 10.2 Å². The van der Waals surface area contributed by atoms with E-state index >= 15 is 0 Å². The van der Waals surface area contributed by atoms with Crippen molar-refractivity contribution in [2.45, 2.75) is 20.3 Å². The molecule has 1 amide bonds. The van der Waals surface area contributed by atoms with Gasteiger partial charge in [-0.2, -0.15) is 0 Å². The molecular formula is C14H17N3O2S. The molecule has 0 bridgehead atoms. The van der Waals surface area contributed by atoms with Gasteiger partial charge >= 0.3 is 0 Å². The molecule has 0 fully saturated rings. The average Bonchev–Trinajstić information content (AvgIpc) is 2.85. The fraction of sp³-hybridized carbons (Fsp3) is 0.357. The minimum atomic E-state index is -0.0391.